The van der Waals surface area contributed by atoms with E-state index in [9.17, 15) is 14.7 Å². The van der Waals surface area contributed by atoms with Crippen molar-refractivity contribution in [3.05, 3.63) is 71.8 Å². The number of ketones is 1. The molecule has 4 aliphatic carbocycles. The van der Waals surface area contributed by atoms with Crippen molar-refractivity contribution in [1.29, 1.82) is 0 Å². The van der Waals surface area contributed by atoms with E-state index in [1.165, 1.54) is 0 Å². The zero-order valence-electron chi connectivity index (χ0n) is 26.2. The Bertz CT molecular complexity index is 1330. The van der Waals surface area contributed by atoms with Crippen molar-refractivity contribution >= 4 is 11.8 Å². The molecule has 44 heavy (non-hydrogen) atoms. The fourth-order valence-corrected chi connectivity index (χ4v) is 11.2. The first-order valence-corrected chi connectivity index (χ1v) is 16.8. The molecule has 2 aromatic rings. The summed E-state index contributed by atoms with van der Waals surface area (Å²) >= 11 is 0. The van der Waals surface area contributed by atoms with Crippen LogP contribution in [0.2, 0.25) is 0 Å². The van der Waals surface area contributed by atoms with Crippen molar-refractivity contribution in [2.24, 2.45) is 28.1 Å². The average Bonchev–Trinajstić information content (AvgIpc) is 3.50. The third-order valence-corrected chi connectivity index (χ3v) is 12.5. The predicted octanol–water partition coefficient (Wildman–Crippen LogP) is 5.68. The molecule has 5 bridgehead atoms. The highest BCUT2D eigenvalue weighted by molar-refractivity contribution is 5.86. The van der Waals surface area contributed by atoms with Gasteiger partial charge in [-0.15, -0.1) is 0 Å². The van der Waals surface area contributed by atoms with Gasteiger partial charge >= 0.3 is 5.97 Å². The second-order valence-corrected chi connectivity index (χ2v) is 14.1. The van der Waals surface area contributed by atoms with Crippen molar-refractivity contribution in [2.75, 3.05) is 19.7 Å². The number of esters is 1. The van der Waals surface area contributed by atoms with Gasteiger partial charge in [0, 0.05) is 42.2 Å². The molecule has 2 aromatic carbocycles. The van der Waals surface area contributed by atoms with Crippen LogP contribution in [0.5, 0.6) is 0 Å². The van der Waals surface area contributed by atoms with Crippen LogP contribution >= 0.6 is 0 Å². The highest BCUT2D eigenvalue weighted by Gasteiger charge is 2.86. The fourth-order valence-electron chi connectivity index (χ4n) is 11.2. The van der Waals surface area contributed by atoms with Crippen molar-refractivity contribution in [3.8, 4) is 0 Å². The molecule has 7 atom stereocenters. The summed E-state index contributed by atoms with van der Waals surface area (Å²) in [6.07, 6.45) is 4.89. The number of fused-ring (bicyclic) bond motifs is 2. The number of hydrogen-bond donors (Lipinski definition) is 1. The normalized spacial score (nSPS) is 37.3. The van der Waals surface area contributed by atoms with E-state index >= 15 is 0 Å². The average molecular weight is 602 g/mol. The molecule has 5 fully saturated rings. The van der Waals surface area contributed by atoms with Gasteiger partial charge in [0.15, 0.2) is 6.29 Å². The van der Waals surface area contributed by atoms with Crippen molar-refractivity contribution in [3.63, 3.8) is 0 Å². The molecule has 236 valence electrons. The van der Waals surface area contributed by atoms with Crippen LogP contribution < -0.4 is 0 Å². The Morgan fingerprint density at radius 2 is 1.61 bits per heavy atom. The van der Waals surface area contributed by atoms with Crippen LogP contribution in [0, 0.1) is 28.1 Å². The Labute approximate surface area is 261 Å². The molecular weight excluding hydrogens is 554 g/mol. The second kappa shape index (κ2) is 11.3. The Balaban J connectivity index is 1.29. The number of rotatable bonds is 11. The van der Waals surface area contributed by atoms with Gasteiger partial charge in [0.2, 0.25) is 0 Å². The van der Waals surface area contributed by atoms with Gasteiger partial charge in [-0.3, -0.25) is 14.5 Å². The van der Waals surface area contributed by atoms with E-state index in [0.29, 0.717) is 64.3 Å². The van der Waals surface area contributed by atoms with Gasteiger partial charge in [-0.05, 0) is 62.6 Å². The maximum absolute atomic E-state index is 14.0. The van der Waals surface area contributed by atoms with Gasteiger partial charge < -0.3 is 19.3 Å². The lowest BCUT2D eigenvalue weighted by atomic mass is 9.40. The molecule has 1 heterocycles. The first-order valence-electron chi connectivity index (χ1n) is 16.8. The van der Waals surface area contributed by atoms with Crippen LogP contribution in [-0.2, 0) is 37.0 Å². The van der Waals surface area contributed by atoms with Gasteiger partial charge in [0.05, 0.1) is 25.4 Å². The van der Waals surface area contributed by atoms with Crippen molar-refractivity contribution < 1.29 is 28.9 Å². The van der Waals surface area contributed by atoms with Crippen LogP contribution in [0.15, 0.2) is 60.7 Å². The number of carbonyl (C=O) groups excluding carboxylic acids is 2. The quantitative estimate of drug-likeness (QED) is 0.262. The first kappa shape index (κ1) is 30.1. The third-order valence-electron chi connectivity index (χ3n) is 12.5. The van der Waals surface area contributed by atoms with Crippen LogP contribution in [0.3, 0.4) is 0 Å². The predicted molar refractivity (Wildman–Crippen MR) is 165 cm³/mol. The fraction of sp³-hybridized carbons (Fsp3) is 0.622. The SMILES string of the molecule is CCOC(=O)[C@]12CCCC34C(N(CC)C1)C(CC(OCc1ccccc1)OCc1ccccc1)(CC[C@@]32O)[C@H]1C(=O)CC[C@H]14. The number of nitrogens with zero attached hydrogens (tertiary/aromatic N) is 1. The number of Topliss-reactive ketones (excluding diaryl/α,β-unsaturated/α-hetero) is 1. The Morgan fingerprint density at radius 3 is 2.23 bits per heavy atom. The number of piperidine rings is 1. The number of benzene rings is 2. The lowest BCUT2D eigenvalue weighted by Crippen LogP contribution is -2.81. The summed E-state index contributed by atoms with van der Waals surface area (Å²) in [4.78, 5) is 30.4. The van der Waals surface area contributed by atoms with E-state index in [2.05, 4.69) is 36.1 Å². The largest absolute Gasteiger partial charge is 0.465 e. The van der Waals surface area contributed by atoms with Crippen molar-refractivity contribution in [2.45, 2.75) is 96.4 Å². The smallest absolute Gasteiger partial charge is 0.316 e. The minimum atomic E-state index is -1.19. The topological polar surface area (TPSA) is 85.3 Å². The van der Waals surface area contributed by atoms with Crippen molar-refractivity contribution in [1.82, 2.24) is 4.90 Å². The maximum atomic E-state index is 14.0. The Morgan fingerprint density at radius 1 is 0.955 bits per heavy atom. The summed E-state index contributed by atoms with van der Waals surface area (Å²) in [6.45, 7) is 6.36. The van der Waals surface area contributed by atoms with Crippen LogP contribution in [0.25, 0.3) is 0 Å². The molecular formula is C37H47NO6. The van der Waals surface area contributed by atoms with Gasteiger partial charge in [0.25, 0.3) is 0 Å². The monoisotopic (exact) mass is 601 g/mol. The number of hydrogen-bond acceptors (Lipinski definition) is 7. The molecule has 5 aliphatic rings. The minimum Gasteiger partial charge on any atom is -0.465 e. The lowest BCUT2D eigenvalue weighted by molar-refractivity contribution is -0.303. The van der Waals surface area contributed by atoms with E-state index in [1.54, 1.807) is 0 Å². The molecule has 4 saturated carbocycles. The summed E-state index contributed by atoms with van der Waals surface area (Å²) in [7, 11) is 0. The summed E-state index contributed by atoms with van der Waals surface area (Å²) in [5, 5.41) is 13.1. The van der Waals surface area contributed by atoms with Gasteiger partial charge in [-0.1, -0.05) is 74.0 Å². The molecule has 0 amide bonds. The van der Waals surface area contributed by atoms with Gasteiger partial charge in [0.1, 0.15) is 11.2 Å². The van der Waals surface area contributed by atoms with E-state index in [0.717, 1.165) is 36.9 Å². The molecule has 3 unspecified atom stereocenters. The van der Waals surface area contributed by atoms with E-state index in [-0.39, 0.29) is 23.8 Å². The lowest BCUT2D eigenvalue weighted by Gasteiger charge is -2.72. The molecule has 1 saturated heterocycles. The Kier molecular flexibility index (Phi) is 7.76. The number of aliphatic hydroxyl groups is 1. The molecule has 7 nitrogen and oxygen atoms in total. The third kappa shape index (κ3) is 4.15. The van der Waals surface area contributed by atoms with Crippen LogP contribution in [0.4, 0.5) is 0 Å². The number of ether oxygens (including phenoxy) is 3. The second-order valence-electron chi connectivity index (χ2n) is 14.1. The molecule has 1 spiro atoms. The summed E-state index contributed by atoms with van der Waals surface area (Å²) in [6, 6.07) is 20.3. The summed E-state index contributed by atoms with van der Waals surface area (Å²) in [5.74, 6) is -0.0695. The van der Waals surface area contributed by atoms with Crippen LogP contribution in [0.1, 0.15) is 76.3 Å². The summed E-state index contributed by atoms with van der Waals surface area (Å²) in [5.41, 5.74) is -0.948. The van der Waals surface area contributed by atoms with Crippen LogP contribution in [-0.4, -0.2) is 59.4 Å². The zero-order chi connectivity index (χ0) is 30.6. The van der Waals surface area contributed by atoms with Gasteiger partial charge in [-0.2, -0.15) is 0 Å². The van der Waals surface area contributed by atoms with E-state index in [4.69, 9.17) is 14.2 Å². The molecule has 7 heteroatoms. The van der Waals surface area contributed by atoms with E-state index in [1.807, 2.05) is 43.3 Å². The van der Waals surface area contributed by atoms with E-state index < -0.39 is 28.1 Å². The highest BCUT2D eigenvalue weighted by Crippen LogP contribution is 2.80. The molecule has 0 radical (unpaired) electrons. The number of carbonyl (C=O) groups is 2. The Hall–Kier alpha value is -2.58. The zero-order valence-corrected chi connectivity index (χ0v) is 26.2. The number of likely N-dealkylation sites (tertiary alicyclic amines) is 1. The molecule has 7 rings (SSSR count). The first-order chi connectivity index (χ1) is 21.3. The molecule has 0 aromatic heterocycles. The maximum Gasteiger partial charge on any atom is 0.316 e. The summed E-state index contributed by atoms with van der Waals surface area (Å²) < 4.78 is 19.0. The minimum absolute atomic E-state index is 0.0241. The van der Waals surface area contributed by atoms with Gasteiger partial charge in [-0.25, -0.2) is 0 Å². The highest BCUT2D eigenvalue weighted by atomic mass is 16.7. The molecule has 1 N–H and O–H groups in total. The molecule has 1 aliphatic heterocycles. The standard InChI is InChI=1S/C37H47NO6/c1-3-38-25-35(33(40)42-4-2)18-11-19-36-28-16-17-29(39)31(28)34(32(36)38,20-21-37(35,36)41)22-30(43-23-26-12-7-5-8-13-26)44-24-27-14-9-6-10-15-27/h5-10,12-15,28,30-32,41H,3-4,11,16-25H2,1-2H3/t28-,31-,32?,34?,35+,36?,37+/m1/s1.